The Morgan fingerprint density at radius 3 is 1.90 bits per heavy atom. The van der Waals surface area contributed by atoms with Crippen molar-refractivity contribution in [3.05, 3.63) is 48.6 Å². The Bertz CT molecular complexity index is 547. The van der Waals surface area contributed by atoms with E-state index >= 15 is 0 Å². The highest BCUT2D eigenvalue weighted by atomic mass is 16.5. The van der Waals surface area contributed by atoms with Crippen LogP contribution < -0.4 is 0 Å². The lowest BCUT2D eigenvalue weighted by atomic mass is 9.98. The largest absolute Gasteiger partial charge is 0.494 e. The SMILES string of the molecule is C=C(CCCCCCCC(C)C)c1cccc(C(=C)OCCCCCCC(C)C)c1. The molecule has 0 saturated carbocycles. The molecule has 1 aromatic carbocycles. The number of ether oxygens (including phenoxy) is 1. The molecule has 170 valence electrons. The molecular weight excluding hydrogens is 364 g/mol. The minimum Gasteiger partial charge on any atom is -0.494 e. The monoisotopic (exact) mass is 412 g/mol. The van der Waals surface area contributed by atoms with Crippen molar-refractivity contribution >= 4 is 11.3 Å². The molecule has 0 bridgehead atoms. The Morgan fingerprint density at radius 2 is 1.27 bits per heavy atom. The van der Waals surface area contributed by atoms with Gasteiger partial charge in [-0.2, -0.15) is 0 Å². The molecule has 0 aliphatic carbocycles. The summed E-state index contributed by atoms with van der Waals surface area (Å²) in [7, 11) is 0. The molecule has 0 heterocycles. The topological polar surface area (TPSA) is 9.23 Å². The van der Waals surface area contributed by atoms with Crippen LogP contribution in [0.25, 0.3) is 11.3 Å². The lowest BCUT2D eigenvalue weighted by Crippen LogP contribution is -1.96. The molecule has 0 unspecified atom stereocenters. The summed E-state index contributed by atoms with van der Waals surface area (Å²) in [6, 6.07) is 8.55. The zero-order valence-corrected chi connectivity index (χ0v) is 20.5. The van der Waals surface area contributed by atoms with Crippen LogP contribution in [0, 0.1) is 11.8 Å². The molecule has 0 aliphatic rings. The molecule has 0 N–H and O–H groups in total. The fraction of sp³-hybridized carbons (Fsp3) is 0.655. The molecule has 0 amide bonds. The van der Waals surface area contributed by atoms with Gasteiger partial charge in [0.1, 0.15) is 5.76 Å². The van der Waals surface area contributed by atoms with E-state index in [2.05, 4.69) is 65.1 Å². The second-order valence-electron chi connectivity index (χ2n) is 9.75. The first-order valence-corrected chi connectivity index (χ1v) is 12.5. The molecule has 1 aromatic rings. The Morgan fingerprint density at radius 1 is 0.733 bits per heavy atom. The van der Waals surface area contributed by atoms with Crippen molar-refractivity contribution in [1.29, 1.82) is 0 Å². The lowest BCUT2D eigenvalue weighted by Gasteiger charge is -2.12. The van der Waals surface area contributed by atoms with E-state index in [1.54, 1.807) is 0 Å². The molecule has 0 aliphatic heterocycles. The van der Waals surface area contributed by atoms with E-state index in [1.807, 2.05) is 0 Å². The Labute approximate surface area is 188 Å². The summed E-state index contributed by atoms with van der Waals surface area (Å²) in [4.78, 5) is 0. The highest BCUT2D eigenvalue weighted by Crippen LogP contribution is 2.24. The maximum absolute atomic E-state index is 5.92. The van der Waals surface area contributed by atoms with Crippen molar-refractivity contribution < 1.29 is 4.74 Å². The molecular formula is C29H48O. The molecule has 1 rings (SSSR count). The third kappa shape index (κ3) is 12.9. The predicted octanol–water partition coefficient (Wildman–Crippen LogP) is 9.68. The van der Waals surface area contributed by atoms with Crippen molar-refractivity contribution in [3.63, 3.8) is 0 Å². The van der Waals surface area contributed by atoms with Gasteiger partial charge >= 0.3 is 0 Å². The van der Waals surface area contributed by atoms with Crippen LogP contribution in [-0.4, -0.2) is 6.61 Å². The fourth-order valence-corrected chi connectivity index (χ4v) is 3.77. The minimum atomic E-state index is 0.766. The zero-order chi connectivity index (χ0) is 22.2. The second kappa shape index (κ2) is 16.2. The molecule has 0 aromatic heterocycles. The van der Waals surface area contributed by atoms with Gasteiger partial charge in [-0.25, -0.2) is 0 Å². The third-order valence-corrected chi connectivity index (χ3v) is 5.80. The van der Waals surface area contributed by atoms with Gasteiger partial charge in [-0.05, 0) is 48.3 Å². The van der Waals surface area contributed by atoms with Gasteiger partial charge in [0.15, 0.2) is 0 Å². The van der Waals surface area contributed by atoms with Crippen molar-refractivity contribution in [2.24, 2.45) is 11.8 Å². The summed E-state index contributed by atoms with van der Waals surface area (Å²) in [5.41, 5.74) is 3.55. The molecule has 0 fully saturated rings. The molecule has 30 heavy (non-hydrogen) atoms. The van der Waals surface area contributed by atoms with Gasteiger partial charge in [0, 0.05) is 5.56 Å². The van der Waals surface area contributed by atoms with E-state index in [4.69, 9.17) is 4.74 Å². The second-order valence-corrected chi connectivity index (χ2v) is 9.75. The highest BCUT2D eigenvalue weighted by molar-refractivity contribution is 5.68. The van der Waals surface area contributed by atoms with Crippen molar-refractivity contribution in [3.8, 4) is 0 Å². The average Bonchev–Trinajstić information content (AvgIpc) is 2.71. The standard InChI is InChI=1S/C29H48O/c1-24(2)17-12-8-7-9-14-19-26(5)28-20-16-21-29(23-28)27(6)30-22-15-11-10-13-18-25(3)4/h16,20-21,23-25H,5-15,17-19,22H2,1-4H3. The van der Waals surface area contributed by atoms with Crippen LogP contribution in [0.4, 0.5) is 0 Å². The summed E-state index contributed by atoms with van der Waals surface area (Å²) >= 11 is 0. The van der Waals surface area contributed by atoms with Gasteiger partial charge in [0.25, 0.3) is 0 Å². The van der Waals surface area contributed by atoms with Crippen molar-refractivity contribution in [2.75, 3.05) is 6.61 Å². The summed E-state index contributed by atoms with van der Waals surface area (Å²) in [5.74, 6) is 2.44. The molecule has 1 heteroatoms. The van der Waals surface area contributed by atoms with E-state index in [-0.39, 0.29) is 0 Å². The maximum atomic E-state index is 5.92. The van der Waals surface area contributed by atoms with Crippen LogP contribution in [0.2, 0.25) is 0 Å². The molecule has 1 nitrogen and oxygen atoms in total. The Balaban J connectivity index is 2.25. The number of rotatable bonds is 18. The van der Waals surface area contributed by atoms with Crippen LogP contribution in [0.1, 0.15) is 116 Å². The highest BCUT2D eigenvalue weighted by Gasteiger charge is 2.05. The van der Waals surface area contributed by atoms with E-state index in [0.717, 1.165) is 42.6 Å². The van der Waals surface area contributed by atoms with Crippen LogP contribution in [-0.2, 0) is 4.74 Å². The smallest absolute Gasteiger partial charge is 0.119 e. The zero-order valence-electron chi connectivity index (χ0n) is 20.5. The maximum Gasteiger partial charge on any atom is 0.119 e. The average molecular weight is 413 g/mol. The quantitative estimate of drug-likeness (QED) is 0.172. The number of benzene rings is 1. The molecule has 0 atom stereocenters. The fourth-order valence-electron chi connectivity index (χ4n) is 3.77. The summed E-state index contributed by atoms with van der Waals surface area (Å²) in [6.07, 6.45) is 15.4. The van der Waals surface area contributed by atoms with Crippen molar-refractivity contribution in [1.82, 2.24) is 0 Å². The summed E-state index contributed by atoms with van der Waals surface area (Å²) < 4.78 is 5.92. The third-order valence-electron chi connectivity index (χ3n) is 5.80. The first kappa shape index (κ1) is 26.5. The summed E-state index contributed by atoms with van der Waals surface area (Å²) in [5, 5.41) is 0. The van der Waals surface area contributed by atoms with Gasteiger partial charge in [0.2, 0.25) is 0 Å². The first-order valence-electron chi connectivity index (χ1n) is 12.5. The first-order chi connectivity index (χ1) is 14.4. The van der Waals surface area contributed by atoms with Crippen molar-refractivity contribution in [2.45, 2.75) is 105 Å². The van der Waals surface area contributed by atoms with Gasteiger partial charge < -0.3 is 4.74 Å². The van der Waals surface area contributed by atoms with Gasteiger partial charge in [0.05, 0.1) is 6.61 Å². The Hall–Kier alpha value is -1.50. The lowest BCUT2D eigenvalue weighted by molar-refractivity contribution is 0.267. The van der Waals surface area contributed by atoms with E-state index in [9.17, 15) is 0 Å². The molecule has 0 saturated heterocycles. The van der Waals surface area contributed by atoms with Crippen LogP contribution >= 0.6 is 0 Å². The van der Waals surface area contributed by atoms with Gasteiger partial charge in [-0.15, -0.1) is 0 Å². The normalized spacial score (nSPS) is 11.3. The number of unbranched alkanes of at least 4 members (excludes halogenated alkanes) is 7. The number of allylic oxidation sites excluding steroid dienone is 1. The van der Waals surface area contributed by atoms with E-state index in [1.165, 1.54) is 75.3 Å². The van der Waals surface area contributed by atoms with E-state index < -0.39 is 0 Å². The molecule has 0 radical (unpaired) electrons. The number of hydrogen-bond acceptors (Lipinski definition) is 1. The van der Waals surface area contributed by atoms with Crippen LogP contribution in [0.5, 0.6) is 0 Å². The Kier molecular flexibility index (Phi) is 14.4. The minimum absolute atomic E-state index is 0.766. The number of hydrogen-bond donors (Lipinski definition) is 0. The van der Waals surface area contributed by atoms with Crippen LogP contribution in [0.3, 0.4) is 0 Å². The van der Waals surface area contributed by atoms with Crippen LogP contribution in [0.15, 0.2) is 37.4 Å². The van der Waals surface area contributed by atoms with Gasteiger partial charge in [-0.1, -0.05) is 117 Å². The van der Waals surface area contributed by atoms with Gasteiger partial charge in [-0.3, -0.25) is 0 Å². The van der Waals surface area contributed by atoms with E-state index in [0.29, 0.717) is 0 Å². The predicted molar refractivity (Wildman–Crippen MR) is 136 cm³/mol. The molecule has 0 spiro atoms. The summed E-state index contributed by atoms with van der Waals surface area (Å²) in [6.45, 7) is 18.5.